The first kappa shape index (κ1) is 30.7. The Kier molecular flexibility index (Phi) is 10.0. The fraction of sp³-hybridized carbons (Fsp3) is 0.500. The summed E-state index contributed by atoms with van der Waals surface area (Å²) in [5, 5.41) is 17.6. The first-order chi connectivity index (χ1) is 18.8. The number of carbonyl (C=O) groups is 3. The molecule has 4 rings (SSSR count). The van der Waals surface area contributed by atoms with Crippen LogP contribution in [-0.2, 0) is 16.0 Å². The lowest BCUT2D eigenvalue weighted by molar-refractivity contribution is -0.668. The Bertz CT molecular complexity index is 1300. The molecule has 0 radical (unpaired) electrons. The second kappa shape index (κ2) is 13.0. The van der Waals surface area contributed by atoms with Crippen molar-refractivity contribution in [3.63, 3.8) is 0 Å². The van der Waals surface area contributed by atoms with Crippen LogP contribution in [0.5, 0.6) is 0 Å². The van der Waals surface area contributed by atoms with Gasteiger partial charge < -0.3 is 25.0 Å². The standard InChI is InChI=1S/C24H30FN5O3.C2HF3O2/c1-15-16(2)23(32)28-27-21(15)13-17-5-6-20(25)19(12-17)24(33)30-10-8-29(9-11-30)22(31)14-18-4-3-7-26-18;3-2(4,5)1(6)7/h5-6,12,18,26H,3-4,7-11,13-14H2,1-2H3,(H,28,32);(H,6,7)/t18-;/m0./s1. The molecular formula is C26H31F4N5O5. The number of carboxylic acids is 1. The fourth-order valence-electron chi connectivity index (χ4n) is 4.60. The van der Waals surface area contributed by atoms with E-state index in [4.69, 9.17) is 9.90 Å². The Labute approximate surface area is 227 Å². The number of aromatic amines is 1. The van der Waals surface area contributed by atoms with Gasteiger partial charge in [-0.15, -0.1) is 0 Å². The van der Waals surface area contributed by atoms with E-state index in [2.05, 4.69) is 15.5 Å². The Morgan fingerprint density at radius 1 is 1.10 bits per heavy atom. The minimum Gasteiger partial charge on any atom is -0.542 e. The molecule has 0 aliphatic carbocycles. The predicted molar refractivity (Wildman–Crippen MR) is 132 cm³/mol. The smallest absolute Gasteiger partial charge is 0.430 e. The summed E-state index contributed by atoms with van der Waals surface area (Å²) >= 11 is 0. The fourth-order valence-corrected chi connectivity index (χ4v) is 4.60. The van der Waals surface area contributed by atoms with E-state index in [0.29, 0.717) is 56.3 Å². The molecule has 1 atom stereocenters. The van der Waals surface area contributed by atoms with Gasteiger partial charge in [-0.2, -0.15) is 18.3 Å². The molecule has 2 saturated heterocycles. The molecule has 2 fully saturated rings. The molecular weight excluding hydrogens is 538 g/mol. The van der Waals surface area contributed by atoms with E-state index in [1.807, 2.05) is 11.8 Å². The number of hydrogen-bond acceptors (Lipinski definition) is 6. The van der Waals surface area contributed by atoms with Gasteiger partial charge in [-0.05, 0) is 37.1 Å². The lowest BCUT2D eigenvalue weighted by Crippen LogP contribution is -2.86. The summed E-state index contributed by atoms with van der Waals surface area (Å²) < 4.78 is 46.1. The molecule has 40 heavy (non-hydrogen) atoms. The molecule has 10 nitrogen and oxygen atoms in total. The molecule has 0 bridgehead atoms. The van der Waals surface area contributed by atoms with E-state index in [-0.39, 0.29) is 22.9 Å². The SMILES string of the molecule is Cc1c(Cc2ccc(F)c(C(=O)N3CCN(C(=O)C[C@@H]4CCC[NH2+]4)CC3)c2)n[nH]c(=O)c1C.O=C([O-])C(F)(F)F. The first-order valence-corrected chi connectivity index (χ1v) is 12.8. The summed E-state index contributed by atoms with van der Waals surface area (Å²) in [5.41, 5.74) is 2.59. The number of carbonyl (C=O) groups excluding carboxylic acids is 3. The molecule has 2 aliphatic rings. The number of piperazine rings is 1. The second-order valence-corrected chi connectivity index (χ2v) is 9.83. The van der Waals surface area contributed by atoms with Gasteiger partial charge in [0, 0.05) is 51.0 Å². The molecule has 3 heterocycles. The Morgan fingerprint density at radius 2 is 1.73 bits per heavy atom. The lowest BCUT2D eigenvalue weighted by atomic mass is 10.0. The highest BCUT2D eigenvalue weighted by Gasteiger charge is 2.30. The van der Waals surface area contributed by atoms with E-state index in [0.717, 1.165) is 30.5 Å². The van der Waals surface area contributed by atoms with Gasteiger partial charge in [-0.25, -0.2) is 9.49 Å². The third-order valence-corrected chi connectivity index (χ3v) is 7.13. The predicted octanol–water partition coefficient (Wildman–Crippen LogP) is -0.184. The highest BCUT2D eigenvalue weighted by molar-refractivity contribution is 5.95. The number of quaternary nitrogens is 1. The van der Waals surface area contributed by atoms with Gasteiger partial charge in [0.15, 0.2) is 0 Å². The molecule has 2 amide bonds. The maximum absolute atomic E-state index is 14.6. The molecule has 0 spiro atoms. The van der Waals surface area contributed by atoms with Crippen molar-refractivity contribution >= 4 is 17.8 Å². The Morgan fingerprint density at radius 3 is 2.30 bits per heavy atom. The third kappa shape index (κ3) is 7.87. The summed E-state index contributed by atoms with van der Waals surface area (Å²) in [4.78, 5) is 49.5. The monoisotopic (exact) mass is 569 g/mol. The summed E-state index contributed by atoms with van der Waals surface area (Å²) in [6, 6.07) is 4.86. The van der Waals surface area contributed by atoms with E-state index < -0.39 is 18.0 Å². The molecule has 3 N–H and O–H groups in total. The van der Waals surface area contributed by atoms with Crippen LogP contribution in [0.25, 0.3) is 0 Å². The number of H-pyrrole nitrogens is 1. The van der Waals surface area contributed by atoms with E-state index in [1.54, 1.807) is 24.0 Å². The number of benzene rings is 1. The lowest BCUT2D eigenvalue weighted by Gasteiger charge is -2.35. The van der Waals surface area contributed by atoms with E-state index >= 15 is 0 Å². The van der Waals surface area contributed by atoms with Crippen LogP contribution in [0, 0.1) is 19.7 Å². The van der Waals surface area contributed by atoms with Crippen molar-refractivity contribution in [1.82, 2.24) is 20.0 Å². The van der Waals surface area contributed by atoms with E-state index in [1.165, 1.54) is 6.07 Å². The number of rotatable bonds is 5. The second-order valence-electron chi connectivity index (χ2n) is 9.83. The topological polar surface area (TPSA) is 143 Å². The quantitative estimate of drug-likeness (QED) is 0.479. The molecule has 0 saturated carbocycles. The molecule has 0 unspecified atom stereocenters. The van der Waals surface area contributed by atoms with Crippen LogP contribution in [0.1, 0.15) is 52.0 Å². The van der Waals surface area contributed by atoms with Crippen LogP contribution in [0.2, 0.25) is 0 Å². The third-order valence-electron chi connectivity index (χ3n) is 7.13. The molecule has 2 aromatic rings. The zero-order valence-electron chi connectivity index (χ0n) is 22.1. The molecule has 218 valence electrons. The van der Waals surface area contributed by atoms with Crippen molar-refractivity contribution in [2.75, 3.05) is 32.7 Å². The molecule has 1 aromatic carbocycles. The summed E-state index contributed by atoms with van der Waals surface area (Å²) in [6.07, 6.45) is -2.04. The molecule has 14 heteroatoms. The van der Waals surface area contributed by atoms with Gasteiger partial charge in [0.2, 0.25) is 5.91 Å². The Hall–Kier alpha value is -3.81. The number of aromatic nitrogens is 2. The van der Waals surface area contributed by atoms with Gasteiger partial charge in [0.25, 0.3) is 11.5 Å². The number of nitrogens with one attached hydrogen (secondary N) is 1. The average Bonchev–Trinajstić information content (AvgIpc) is 3.42. The van der Waals surface area contributed by atoms with Crippen LogP contribution in [0.3, 0.4) is 0 Å². The highest BCUT2D eigenvalue weighted by atomic mass is 19.4. The first-order valence-electron chi connectivity index (χ1n) is 12.8. The van der Waals surface area contributed by atoms with Crippen molar-refractivity contribution < 1.29 is 42.4 Å². The van der Waals surface area contributed by atoms with Gasteiger partial charge in [-0.1, -0.05) is 6.07 Å². The minimum atomic E-state index is -5.19. The number of nitrogens with two attached hydrogens (primary N) is 1. The number of aliphatic carboxylic acids is 1. The summed E-state index contributed by atoms with van der Waals surface area (Å²) in [6.45, 7) is 6.37. The van der Waals surface area contributed by atoms with Crippen LogP contribution in [0.4, 0.5) is 17.6 Å². The van der Waals surface area contributed by atoms with Gasteiger partial charge in [0.05, 0.1) is 30.3 Å². The average molecular weight is 570 g/mol. The summed E-state index contributed by atoms with van der Waals surface area (Å²) in [7, 11) is 0. The van der Waals surface area contributed by atoms with Gasteiger partial charge in [-0.3, -0.25) is 14.4 Å². The molecule has 2 aliphatic heterocycles. The van der Waals surface area contributed by atoms with Crippen molar-refractivity contribution in [2.24, 2.45) is 0 Å². The highest BCUT2D eigenvalue weighted by Crippen LogP contribution is 2.19. The van der Waals surface area contributed by atoms with Crippen LogP contribution in [0.15, 0.2) is 23.0 Å². The van der Waals surface area contributed by atoms with Crippen LogP contribution in [-0.4, -0.2) is 82.7 Å². The zero-order chi connectivity index (χ0) is 29.6. The Balaban J connectivity index is 0.000000559. The number of hydrogen-bond donors (Lipinski definition) is 2. The maximum atomic E-state index is 14.6. The van der Waals surface area contributed by atoms with Crippen molar-refractivity contribution in [1.29, 1.82) is 0 Å². The number of amides is 2. The number of carboxylic acid groups (broad SMARTS) is 1. The number of halogens is 4. The van der Waals surface area contributed by atoms with Gasteiger partial charge >= 0.3 is 6.18 Å². The molecule has 1 aromatic heterocycles. The largest absolute Gasteiger partial charge is 0.542 e. The minimum absolute atomic E-state index is 0.0200. The van der Waals surface area contributed by atoms with Crippen molar-refractivity contribution in [3.8, 4) is 0 Å². The zero-order valence-corrected chi connectivity index (χ0v) is 22.1. The maximum Gasteiger partial charge on any atom is 0.430 e. The summed E-state index contributed by atoms with van der Waals surface area (Å²) in [5.74, 6) is -3.81. The van der Waals surface area contributed by atoms with Crippen LogP contribution < -0.4 is 16.0 Å². The number of nitrogens with zero attached hydrogens (tertiary/aromatic N) is 3. The van der Waals surface area contributed by atoms with E-state index in [9.17, 15) is 31.9 Å². The van der Waals surface area contributed by atoms with Crippen molar-refractivity contribution in [3.05, 3.63) is 62.3 Å². The van der Waals surface area contributed by atoms with Gasteiger partial charge in [0.1, 0.15) is 11.8 Å². The van der Waals surface area contributed by atoms with Crippen molar-refractivity contribution in [2.45, 2.75) is 51.7 Å². The van der Waals surface area contributed by atoms with Crippen LogP contribution >= 0.6 is 0 Å². The number of alkyl halides is 3. The normalized spacial score (nSPS) is 17.3.